The zero-order valence-corrected chi connectivity index (χ0v) is 73.7. The SMILES string of the molecule is CCOc1c(NCCOCCOCCCc2nc(Nc3ccc(CCC(C=O)N4CCN(C(CCC(C)=O)C(=O)O)CCN(C(C=O)CCC(C)=O)CCN(C(CCC(C)=O)C(=O)O)CC4)cc3)nc(Nc3ccc(CCC(C(=O)O)N4CCN(C(C=O)CCC(C)=O)CCN(C(CCC(C)=O)C(=O)O)CCN(C(CCC(C)=O)C(=O)O)CC4)cc3)n2)c(=O)c1=O. The van der Waals surface area contributed by atoms with Crippen LogP contribution in [0.1, 0.15) is 162 Å². The van der Waals surface area contributed by atoms with Gasteiger partial charge >= 0.3 is 29.8 Å². The van der Waals surface area contributed by atoms with E-state index >= 15 is 0 Å². The number of ketones is 6. The van der Waals surface area contributed by atoms with E-state index < -0.39 is 89.0 Å². The van der Waals surface area contributed by atoms with Crippen LogP contribution in [0.3, 0.4) is 0 Å². The highest BCUT2D eigenvalue weighted by Crippen LogP contribution is 2.26. The lowest BCUT2D eigenvalue weighted by molar-refractivity contribution is -0.147. The first-order valence-electron chi connectivity index (χ1n) is 43.4. The topological polar surface area (TPSA) is 503 Å². The van der Waals surface area contributed by atoms with Gasteiger partial charge in [0.05, 0.1) is 44.6 Å². The molecule has 6 rings (SSSR count). The van der Waals surface area contributed by atoms with Gasteiger partial charge in [0.25, 0.3) is 10.9 Å². The lowest BCUT2D eigenvalue weighted by Crippen LogP contribution is -2.56. The van der Waals surface area contributed by atoms with Gasteiger partial charge in [0.15, 0.2) is 5.75 Å². The number of rotatable bonds is 57. The third-order valence-corrected chi connectivity index (χ3v) is 22.9. The molecule has 8 unspecified atom stereocenters. The summed E-state index contributed by atoms with van der Waals surface area (Å²) >= 11 is 0. The Morgan fingerprint density at radius 3 is 0.976 bits per heavy atom. The number of carboxylic acid groups (broad SMARTS) is 5. The fraction of sp³-hybridized carbons (Fsp3) is 0.625. The van der Waals surface area contributed by atoms with Crippen molar-refractivity contribution in [2.24, 2.45) is 0 Å². The van der Waals surface area contributed by atoms with Crippen molar-refractivity contribution in [2.75, 3.05) is 160 Å². The maximum atomic E-state index is 13.6. The fourth-order valence-electron chi connectivity index (χ4n) is 15.6. The van der Waals surface area contributed by atoms with Crippen molar-refractivity contribution in [3.8, 4) is 5.75 Å². The Balaban J connectivity index is 1.24. The largest absolute Gasteiger partial charge is 0.488 e. The van der Waals surface area contributed by atoms with E-state index in [9.17, 15) is 102 Å². The molecule has 0 bridgehead atoms. The summed E-state index contributed by atoms with van der Waals surface area (Å²) in [4.78, 5) is 230. The minimum absolute atomic E-state index is 0.00272. The summed E-state index contributed by atoms with van der Waals surface area (Å²) in [5, 5.41) is 63.0. The molecule has 126 heavy (non-hydrogen) atoms. The summed E-state index contributed by atoms with van der Waals surface area (Å²) in [5.74, 6) is -6.45. The van der Waals surface area contributed by atoms with Crippen LogP contribution in [-0.4, -0.2) is 356 Å². The van der Waals surface area contributed by atoms with Gasteiger partial charge in [-0.2, -0.15) is 15.0 Å². The second-order valence-electron chi connectivity index (χ2n) is 32.3. The van der Waals surface area contributed by atoms with Crippen LogP contribution < -0.4 is 31.5 Å². The molecule has 1 aromatic heterocycles. The number of aliphatic carboxylic acids is 5. The summed E-state index contributed by atoms with van der Waals surface area (Å²) in [6, 6.07) is 6.33. The number of benzene rings is 2. The molecular formula is C88H128N14O24. The van der Waals surface area contributed by atoms with E-state index in [1.165, 1.54) is 41.5 Å². The maximum absolute atomic E-state index is 13.6. The van der Waals surface area contributed by atoms with Crippen molar-refractivity contribution in [2.45, 2.75) is 212 Å². The summed E-state index contributed by atoms with van der Waals surface area (Å²) in [6.07, 6.45) is 4.11. The first-order chi connectivity index (χ1) is 60.2. The van der Waals surface area contributed by atoms with Crippen LogP contribution in [0.15, 0.2) is 58.1 Å². The van der Waals surface area contributed by atoms with E-state index in [-0.39, 0.29) is 299 Å². The number of hydrogen-bond acceptors (Lipinski definition) is 33. The van der Waals surface area contributed by atoms with Crippen molar-refractivity contribution >= 4 is 112 Å². The van der Waals surface area contributed by atoms with Crippen molar-refractivity contribution in [1.29, 1.82) is 0 Å². The third-order valence-electron chi connectivity index (χ3n) is 22.9. The average molecular weight is 1770 g/mol. The number of hydrogen-bond donors (Lipinski definition) is 8. The average Bonchev–Trinajstić information content (AvgIpc) is 0.787. The molecule has 38 nitrogen and oxygen atoms in total. The van der Waals surface area contributed by atoms with Gasteiger partial charge in [0, 0.05) is 174 Å². The van der Waals surface area contributed by atoms with Gasteiger partial charge in [-0.05, 0) is 154 Å². The molecule has 0 aliphatic carbocycles. The number of carbonyl (C=O) groups excluding carboxylic acids is 9. The molecule has 0 radical (unpaired) electrons. The van der Waals surface area contributed by atoms with Crippen molar-refractivity contribution in [1.82, 2.24) is 54.2 Å². The van der Waals surface area contributed by atoms with Crippen LogP contribution in [0.2, 0.25) is 0 Å². The highest BCUT2D eigenvalue weighted by Gasteiger charge is 2.37. The zero-order chi connectivity index (χ0) is 92.4. The molecular weight excluding hydrogens is 1640 g/mol. The predicted octanol–water partition coefficient (Wildman–Crippen LogP) is 3.92. The molecule has 2 aliphatic rings. The molecule has 8 N–H and O–H groups in total. The molecule has 0 amide bonds. The van der Waals surface area contributed by atoms with Gasteiger partial charge in [0.2, 0.25) is 11.9 Å². The van der Waals surface area contributed by atoms with E-state index in [0.29, 0.717) is 42.7 Å². The number of ether oxygens (including phenoxy) is 3. The van der Waals surface area contributed by atoms with Gasteiger partial charge in [-0.25, -0.2) is 0 Å². The summed E-state index contributed by atoms with van der Waals surface area (Å²) < 4.78 is 16.8. The lowest BCUT2D eigenvalue weighted by Gasteiger charge is -2.39. The van der Waals surface area contributed by atoms with Gasteiger partial charge in [0.1, 0.15) is 95.3 Å². The van der Waals surface area contributed by atoms with Gasteiger partial charge < -0.3 is 98.8 Å². The molecule has 3 aromatic carbocycles. The van der Waals surface area contributed by atoms with Crippen LogP contribution in [-0.2, 0) is 95.9 Å². The van der Waals surface area contributed by atoms with E-state index in [0.717, 1.165) is 23.7 Å². The lowest BCUT2D eigenvalue weighted by atomic mass is 10.0. The van der Waals surface area contributed by atoms with Crippen molar-refractivity contribution < 1.29 is 107 Å². The van der Waals surface area contributed by atoms with Gasteiger partial charge in [-0.1, -0.05) is 24.3 Å². The maximum Gasteiger partial charge on any atom is 0.320 e. The number of aryl methyl sites for hydroxylation is 3. The number of aldehydes is 3. The van der Waals surface area contributed by atoms with E-state index in [4.69, 9.17) is 29.2 Å². The van der Waals surface area contributed by atoms with Crippen molar-refractivity contribution in [3.05, 3.63) is 85.9 Å². The van der Waals surface area contributed by atoms with E-state index in [2.05, 4.69) is 16.0 Å². The molecule has 694 valence electrons. The van der Waals surface area contributed by atoms with Gasteiger partial charge in [-0.15, -0.1) is 0 Å². The molecule has 0 saturated carbocycles. The van der Waals surface area contributed by atoms with E-state index in [1.807, 2.05) is 34.1 Å². The standard InChI is InChI=1S/C88H128N14O24/c1-8-126-81-78(79(112)80(81)113)89-35-53-125-55-54-124-52-9-10-77-92-87(90-67-23-17-65(18-24-67)21-29-71(58-105)97-40-44-98(72(82(114)115)30-13-61(4)108)42-36-95(69(56-103)27-11-59(2)106)37-43-99(45-41-97)73(83(116)117)31-14-62(5)109)94-88(93-77)91-68-25-19-66(20-26-68)22-34-76(86(122)123)101-47-39-96(70(57-104)28-12-60(3)107)38-46-100(74(84(118)119)32-15-63(6)110)48-50-102(51-49-101)75(85(120)121)33-16-64(7)111/h17-20,23-26,56-58,69-76,89H,8-16,21-22,27-55H2,1-7H3,(H,114,115)(H,116,117)(H,118,119)(H,120,121)(H,122,123)(H2,90,91,92,93,94). The number of nitrogens with zero attached hydrogens (tertiary/aromatic N) is 11. The molecule has 0 spiro atoms. The first kappa shape index (κ1) is 104. The van der Waals surface area contributed by atoms with Crippen molar-refractivity contribution in [3.63, 3.8) is 0 Å². The molecule has 38 heteroatoms. The van der Waals surface area contributed by atoms with Crippen LogP contribution in [0.5, 0.6) is 5.75 Å². The molecule has 2 fully saturated rings. The molecule has 2 aliphatic heterocycles. The third kappa shape index (κ3) is 36.2. The Bertz CT molecular complexity index is 4250. The highest BCUT2D eigenvalue weighted by molar-refractivity contribution is 5.81. The number of nitrogens with one attached hydrogen (secondary N) is 3. The summed E-state index contributed by atoms with van der Waals surface area (Å²) in [5.41, 5.74) is 1.46. The first-order valence-corrected chi connectivity index (χ1v) is 43.4. The smallest absolute Gasteiger partial charge is 0.320 e. The number of Topliss-reactive ketones (excluding diaryl/α,β-unsaturated/α-hetero) is 6. The van der Waals surface area contributed by atoms with Gasteiger partial charge in [-0.3, -0.25) is 72.8 Å². The second kappa shape index (κ2) is 55.3. The zero-order valence-electron chi connectivity index (χ0n) is 73.7. The van der Waals surface area contributed by atoms with E-state index in [1.54, 1.807) is 60.6 Å². The Kier molecular flexibility index (Phi) is 45.9. The predicted molar refractivity (Wildman–Crippen MR) is 466 cm³/mol. The normalized spacial score (nSPS) is 17.2. The molecule has 3 heterocycles. The monoisotopic (exact) mass is 1760 g/mol. The summed E-state index contributed by atoms with van der Waals surface area (Å²) in [7, 11) is 0. The van der Waals surface area contributed by atoms with Crippen LogP contribution >= 0.6 is 0 Å². The quantitative estimate of drug-likeness (QED) is 0.0176. The fourth-order valence-corrected chi connectivity index (χ4v) is 15.6. The van der Waals surface area contributed by atoms with Crippen LogP contribution in [0.25, 0.3) is 0 Å². The Morgan fingerprint density at radius 2 is 0.667 bits per heavy atom. The number of carboxylic acids is 5. The Hall–Kier alpha value is -10.3. The Morgan fingerprint density at radius 1 is 0.373 bits per heavy atom. The highest BCUT2D eigenvalue weighted by atomic mass is 16.5. The minimum atomic E-state index is -1.23. The Labute approximate surface area is 734 Å². The minimum Gasteiger partial charge on any atom is -0.488 e. The number of anilines is 5. The second-order valence-corrected chi connectivity index (χ2v) is 32.3. The number of carbonyl (C=O) groups is 14. The molecule has 2 saturated heterocycles. The number of aromatic nitrogens is 3. The van der Waals surface area contributed by atoms with Crippen LogP contribution in [0, 0.1) is 0 Å². The summed E-state index contributed by atoms with van der Waals surface area (Å²) in [6.45, 7) is 12.5. The molecule has 8 atom stereocenters. The van der Waals surface area contributed by atoms with Crippen LogP contribution in [0.4, 0.5) is 29.0 Å². The molecule has 4 aromatic rings.